The summed E-state index contributed by atoms with van der Waals surface area (Å²) in [5.41, 5.74) is 3.58. The molecule has 0 unspecified atom stereocenters. The smallest absolute Gasteiger partial charge is 0.266 e. The lowest BCUT2D eigenvalue weighted by molar-refractivity contribution is -0.115. The first-order valence-electron chi connectivity index (χ1n) is 18.3. The van der Waals surface area contributed by atoms with E-state index in [2.05, 4.69) is 17.6 Å². The van der Waals surface area contributed by atoms with Gasteiger partial charge in [0.15, 0.2) is 5.78 Å². The van der Waals surface area contributed by atoms with Gasteiger partial charge in [-0.2, -0.15) is 0 Å². The molecule has 0 aliphatic carbocycles. The first-order valence-corrected chi connectivity index (χ1v) is 18.3. The van der Waals surface area contributed by atoms with Crippen LogP contribution in [0.25, 0.3) is 0 Å². The Morgan fingerprint density at radius 3 is 1.81 bits per heavy atom. The molecule has 0 fully saturated rings. The summed E-state index contributed by atoms with van der Waals surface area (Å²) >= 11 is 0. The summed E-state index contributed by atoms with van der Waals surface area (Å²) < 4.78 is 5.10. The van der Waals surface area contributed by atoms with Gasteiger partial charge in [-0.25, -0.2) is 4.90 Å². The fourth-order valence-electron chi connectivity index (χ4n) is 6.31. The van der Waals surface area contributed by atoms with Crippen molar-refractivity contribution in [2.75, 3.05) is 22.6 Å². The van der Waals surface area contributed by atoms with Crippen LogP contribution in [0.2, 0.25) is 0 Å². The van der Waals surface area contributed by atoms with Gasteiger partial charge in [0.25, 0.3) is 17.7 Å². The summed E-state index contributed by atoms with van der Waals surface area (Å²) in [5.74, 6) is -1.67. The molecule has 1 aliphatic heterocycles. The molecule has 2 N–H and O–H groups in total. The Kier molecular flexibility index (Phi) is 13.5. The molecule has 270 valence electrons. The molecule has 4 amide bonds. The second-order valence-corrected chi connectivity index (χ2v) is 13.2. The van der Waals surface area contributed by atoms with Crippen molar-refractivity contribution in [3.8, 4) is 5.75 Å². The van der Waals surface area contributed by atoms with E-state index in [1.165, 1.54) is 101 Å². The average Bonchev–Trinajstić information content (AvgIpc) is 3.41. The normalized spacial score (nSPS) is 12.1. The lowest BCUT2D eigenvalue weighted by Gasteiger charge is -2.14. The maximum absolute atomic E-state index is 13.4. The number of hydrogen-bond acceptors (Lipinski definition) is 6. The fourth-order valence-corrected chi connectivity index (χ4v) is 6.31. The SMILES string of the molecule is CCCCCCCCCCCCc1ccc(NC(=O)c2ccc3c(c2)C(=O)N(c2ccc(NC(=O)CC(=O)c4ccc(OC)cc4)cc2)C3=O)cc1. The monoisotopic (exact) mass is 701 g/mol. The van der Waals surface area contributed by atoms with Crippen LogP contribution in [0.5, 0.6) is 5.75 Å². The van der Waals surface area contributed by atoms with Gasteiger partial charge < -0.3 is 15.4 Å². The molecule has 4 aromatic carbocycles. The minimum atomic E-state index is -0.548. The van der Waals surface area contributed by atoms with Crippen molar-refractivity contribution in [1.82, 2.24) is 0 Å². The summed E-state index contributed by atoms with van der Waals surface area (Å²) in [6.45, 7) is 2.25. The first-order chi connectivity index (χ1) is 25.3. The minimum Gasteiger partial charge on any atom is -0.497 e. The number of anilines is 3. The quantitative estimate of drug-likeness (QED) is 0.0435. The molecule has 52 heavy (non-hydrogen) atoms. The van der Waals surface area contributed by atoms with Crippen molar-refractivity contribution >= 4 is 46.5 Å². The van der Waals surface area contributed by atoms with Crippen molar-refractivity contribution in [3.05, 3.63) is 119 Å². The topological polar surface area (TPSA) is 122 Å². The fraction of sp³-hybridized carbons (Fsp3) is 0.326. The average molecular weight is 702 g/mol. The molecule has 4 aromatic rings. The van der Waals surface area contributed by atoms with Crippen LogP contribution in [0, 0.1) is 0 Å². The highest BCUT2D eigenvalue weighted by Gasteiger charge is 2.37. The summed E-state index contributed by atoms with van der Waals surface area (Å²) in [4.78, 5) is 65.8. The molecule has 0 saturated heterocycles. The predicted molar refractivity (Wildman–Crippen MR) is 205 cm³/mol. The van der Waals surface area contributed by atoms with E-state index in [-0.39, 0.29) is 34.8 Å². The molecule has 0 aromatic heterocycles. The van der Waals surface area contributed by atoms with Crippen LogP contribution < -0.4 is 20.3 Å². The first kappa shape index (κ1) is 37.7. The van der Waals surface area contributed by atoms with Crippen molar-refractivity contribution in [3.63, 3.8) is 0 Å². The van der Waals surface area contributed by atoms with E-state index in [9.17, 15) is 24.0 Å². The van der Waals surface area contributed by atoms with Crippen molar-refractivity contribution in [2.45, 2.75) is 84.0 Å². The van der Waals surface area contributed by atoms with Crippen molar-refractivity contribution in [2.24, 2.45) is 0 Å². The molecule has 0 saturated carbocycles. The number of imide groups is 1. The van der Waals surface area contributed by atoms with E-state index in [1.807, 2.05) is 24.3 Å². The van der Waals surface area contributed by atoms with Gasteiger partial charge in [-0.15, -0.1) is 0 Å². The second kappa shape index (κ2) is 18.6. The van der Waals surface area contributed by atoms with Gasteiger partial charge in [-0.1, -0.05) is 76.8 Å². The lowest BCUT2D eigenvalue weighted by atomic mass is 10.0. The molecule has 1 heterocycles. The van der Waals surface area contributed by atoms with Crippen LogP contribution in [0.1, 0.15) is 125 Å². The molecule has 0 bridgehead atoms. The molecule has 9 heteroatoms. The number of hydrogen-bond donors (Lipinski definition) is 2. The van der Waals surface area contributed by atoms with Gasteiger partial charge in [0.05, 0.1) is 30.3 Å². The number of rotatable bonds is 19. The van der Waals surface area contributed by atoms with Gasteiger partial charge in [0, 0.05) is 22.5 Å². The molecule has 0 atom stereocenters. The minimum absolute atomic E-state index is 0.138. The van der Waals surface area contributed by atoms with Gasteiger partial charge in [0.1, 0.15) is 5.75 Å². The number of nitrogens with zero attached hydrogens (tertiary/aromatic N) is 1. The van der Waals surface area contributed by atoms with Crippen LogP contribution in [-0.4, -0.2) is 36.5 Å². The van der Waals surface area contributed by atoms with E-state index in [0.717, 1.165) is 17.7 Å². The van der Waals surface area contributed by atoms with Gasteiger partial charge in [-0.3, -0.25) is 24.0 Å². The maximum atomic E-state index is 13.4. The van der Waals surface area contributed by atoms with E-state index in [0.29, 0.717) is 28.4 Å². The molecule has 0 spiro atoms. The number of fused-ring (bicyclic) bond motifs is 1. The summed E-state index contributed by atoms with van der Waals surface area (Å²) in [6.07, 6.45) is 13.7. The number of ether oxygens (including phenoxy) is 1. The number of benzene rings is 4. The predicted octanol–water partition coefficient (Wildman–Crippen LogP) is 9.42. The third-order valence-electron chi connectivity index (χ3n) is 9.32. The zero-order chi connectivity index (χ0) is 36.9. The number of carbonyl (C=O) groups is 5. The Morgan fingerprint density at radius 2 is 1.17 bits per heavy atom. The summed E-state index contributed by atoms with van der Waals surface area (Å²) in [5, 5.41) is 5.56. The number of aryl methyl sites for hydroxylation is 1. The van der Waals surface area contributed by atoms with Gasteiger partial charge >= 0.3 is 0 Å². The Morgan fingerprint density at radius 1 is 0.615 bits per heavy atom. The van der Waals surface area contributed by atoms with E-state index >= 15 is 0 Å². The van der Waals surface area contributed by atoms with Gasteiger partial charge in [0.2, 0.25) is 5.91 Å². The highest BCUT2D eigenvalue weighted by Crippen LogP contribution is 2.30. The molecule has 5 rings (SSSR count). The van der Waals surface area contributed by atoms with Crippen LogP contribution in [0.15, 0.2) is 91.0 Å². The number of Topliss-reactive ketones (excluding diaryl/α,β-unsaturated/α-hetero) is 1. The third-order valence-corrected chi connectivity index (χ3v) is 9.32. The van der Waals surface area contributed by atoms with Gasteiger partial charge in [-0.05, 0) is 97.3 Å². The number of amides is 4. The standard InChI is InChI=1S/C43H47N3O6/c1-3-4-5-6-7-8-9-10-11-12-13-30-14-19-34(20-15-30)45-41(49)32-18-27-37-38(28-32)43(51)46(42(37)50)35-23-21-33(22-24-35)44-40(48)29-39(47)31-16-25-36(52-2)26-17-31/h14-28H,3-13,29H2,1-2H3,(H,44,48)(H,45,49). The molecular weight excluding hydrogens is 654 g/mol. The largest absolute Gasteiger partial charge is 0.497 e. The summed E-state index contributed by atoms with van der Waals surface area (Å²) in [7, 11) is 1.53. The van der Waals surface area contributed by atoms with E-state index in [4.69, 9.17) is 4.74 Å². The number of nitrogens with one attached hydrogen (secondary N) is 2. The molecule has 9 nitrogen and oxygen atoms in total. The number of carbonyl (C=O) groups excluding carboxylic acids is 5. The Hall–Kier alpha value is -5.57. The zero-order valence-electron chi connectivity index (χ0n) is 30.0. The van der Waals surface area contributed by atoms with Crippen LogP contribution in [-0.2, 0) is 11.2 Å². The van der Waals surface area contributed by atoms with Crippen LogP contribution in [0.4, 0.5) is 17.1 Å². The Balaban J connectivity index is 1.09. The maximum Gasteiger partial charge on any atom is 0.266 e. The lowest BCUT2D eigenvalue weighted by Crippen LogP contribution is -2.29. The number of methoxy groups -OCH3 is 1. The Labute approximate surface area is 305 Å². The molecule has 1 aliphatic rings. The highest BCUT2D eigenvalue weighted by molar-refractivity contribution is 6.34. The van der Waals surface area contributed by atoms with Crippen LogP contribution >= 0.6 is 0 Å². The van der Waals surface area contributed by atoms with E-state index < -0.39 is 17.7 Å². The molecular formula is C43H47N3O6. The summed E-state index contributed by atoms with van der Waals surface area (Å²) in [6, 6.07) is 25.0. The number of ketones is 1. The van der Waals surface area contributed by atoms with E-state index in [1.54, 1.807) is 36.4 Å². The van der Waals surface area contributed by atoms with Crippen molar-refractivity contribution < 1.29 is 28.7 Å². The van der Waals surface area contributed by atoms with Crippen molar-refractivity contribution in [1.29, 1.82) is 0 Å². The Bertz CT molecular complexity index is 1870. The molecule has 0 radical (unpaired) electrons. The number of unbranched alkanes of at least 4 members (excludes halogenated alkanes) is 9. The highest BCUT2D eigenvalue weighted by atomic mass is 16.5. The second-order valence-electron chi connectivity index (χ2n) is 13.2. The zero-order valence-corrected chi connectivity index (χ0v) is 30.0. The van der Waals surface area contributed by atoms with Crippen LogP contribution in [0.3, 0.4) is 0 Å². The third kappa shape index (κ3) is 10.0.